The molecule has 0 aromatic heterocycles. The van der Waals surface area contributed by atoms with Crippen LogP contribution in [0.15, 0.2) is 66.7 Å². The van der Waals surface area contributed by atoms with E-state index < -0.39 is 51.7 Å². The van der Waals surface area contributed by atoms with Crippen LogP contribution in [0.4, 0.5) is 37.7 Å². The number of nitrogens with zero attached hydrogens (tertiary/aromatic N) is 1. The van der Waals surface area contributed by atoms with Crippen LogP contribution in [0.1, 0.15) is 22.3 Å². The topological polar surface area (TPSA) is 75.7 Å². The van der Waals surface area contributed by atoms with E-state index in [0.717, 1.165) is 17.4 Å². The van der Waals surface area contributed by atoms with Crippen molar-refractivity contribution in [2.45, 2.75) is 25.8 Å². The first-order valence-corrected chi connectivity index (χ1v) is 12.7. The Morgan fingerprint density at radius 2 is 1.39 bits per heavy atom. The highest BCUT2D eigenvalue weighted by Gasteiger charge is 2.37. The molecule has 0 saturated carbocycles. The third kappa shape index (κ3) is 7.88. The maximum atomic E-state index is 13.0. The number of benzene rings is 3. The summed E-state index contributed by atoms with van der Waals surface area (Å²) in [6.45, 7) is 1.24. The van der Waals surface area contributed by atoms with Gasteiger partial charge >= 0.3 is 12.4 Å². The summed E-state index contributed by atoms with van der Waals surface area (Å²) < 4.78 is 109. The van der Waals surface area contributed by atoms with E-state index in [2.05, 4.69) is 0 Å². The number of nitrogens with one attached hydrogen (secondary N) is 1. The first-order valence-electron chi connectivity index (χ1n) is 10.9. The number of halogens is 6. The second-order valence-electron chi connectivity index (χ2n) is 8.38. The van der Waals surface area contributed by atoms with Gasteiger partial charge in [0, 0.05) is 5.69 Å². The second kappa shape index (κ2) is 10.9. The van der Waals surface area contributed by atoms with Crippen LogP contribution in [-0.4, -0.2) is 27.2 Å². The number of hydrogen-bond donors (Lipinski definition) is 1. The van der Waals surface area contributed by atoms with Crippen LogP contribution in [0.5, 0.6) is 5.75 Å². The van der Waals surface area contributed by atoms with Gasteiger partial charge in [0.05, 0.1) is 29.6 Å². The Morgan fingerprint density at radius 1 is 0.868 bits per heavy atom. The van der Waals surface area contributed by atoms with Crippen molar-refractivity contribution in [2.24, 2.45) is 0 Å². The molecule has 0 aliphatic rings. The van der Waals surface area contributed by atoms with Gasteiger partial charge < -0.3 is 10.1 Å². The molecule has 0 atom stereocenters. The zero-order valence-corrected chi connectivity index (χ0v) is 20.8. The van der Waals surface area contributed by atoms with Crippen molar-refractivity contribution in [3.05, 3.63) is 89.0 Å². The molecule has 3 aromatic rings. The zero-order chi connectivity index (χ0) is 28.3. The predicted octanol–water partition coefficient (Wildman–Crippen LogP) is 6.02. The van der Waals surface area contributed by atoms with Gasteiger partial charge in [0.25, 0.3) is 5.91 Å². The quantitative estimate of drug-likeness (QED) is 0.342. The van der Waals surface area contributed by atoms with Crippen molar-refractivity contribution in [3.8, 4) is 5.75 Å². The summed E-state index contributed by atoms with van der Waals surface area (Å²) in [7, 11) is -3.66. The maximum Gasteiger partial charge on any atom is 0.416 e. The van der Waals surface area contributed by atoms with Gasteiger partial charge in [-0.05, 0) is 55.0 Å². The third-order valence-electron chi connectivity index (χ3n) is 5.21. The third-order valence-corrected chi connectivity index (χ3v) is 6.35. The smallest absolute Gasteiger partial charge is 0.416 e. The van der Waals surface area contributed by atoms with Gasteiger partial charge in [-0.15, -0.1) is 0 Å². The van der Waals surface area contributed by atoms with Gasteiger partial charge in [-0.25, -0.2) is 8.42 Å². The average Bonchev–Trinajstić information content (AvgIpc) is 2.81. The van der Waals surface area contributed by atoms with E-state index in [1.807, 2.05) is 24.4 Å². The molecule has 0 aliphatic carbocycles. The van der Waals surface area contributed by atoms with Crippen LogP contribution in [0.25, 0.3) is 0 Å². The minimum Gasteiger partial charge on any atom is -0.484 e. The van der Waals surface area contributed by atoms with E-state index in [-0.39, 0.29) is 18.4 Å². The van der Waals surface area contributed by atoms with Crippen LogP contribution < -0.4 is 14.4 Å². The molecule has 0 unspecified atom stereocenters. The van der Waals surface area contributed by atoms with Gasteiger partial charge in [-0.2, -0.15) is 26.3 Å². The summed E-state index contributed by atoms with van der Waals surface area (Å²) >= 11 is 0. The number of amides is 1. The standard InChI is InChI=1S/C25H22F6N2O4S/c1-16-3-5-17(6-4-16)14-33(38(2,35)36)21-7-9-22(10-8-21)37-15-23(34)32-20-12-18(24(26,27)28)11-19(13-20)25(29,30)31/h3-13H,14-15H2,1-2H3,(H,32,34). The normalized spacial score (nSPS) is 12.2. The molecule has 0 radical (unpaired) electrons. The largest absolute Gasteiger partial charge is 0.484 e. The van der Waals surface area contributed by atoms with E-state index in [1.54, 1.807) is 12.1 Å². The summed E-state index contributed by atoms with van der Waals surface area (Å²) in [5, 5.41) is 1.97. The number of sulfonamides is 1. The van der Waals surface area contributed by atoms with Gasteiger partial charge in [-0.3, -0.25) is 9.10 Å². The molecule has 0 heterocycles. The number of aryl methyl sites for hydroxylation is 1. The fourth-order valence-corrected chi connectivity index (χ4v) is 4.23. The van der Waals surface area contributed by atoms with Crippen molar-refractivity contribution in [1.82, 2.24) is 0 Å². The lowest BCUT2D eigenvalue weighted by Crippen LogP contribution is -2.29. The van der Waals surface area contributed by atoms with Crippen molar-refractivity contribution in [1.29, 1.82) is 0 Å². The monoisotopic (exact) mass is 560 g/mol. The Balaban J connectivity index is 1.69. The average molecular weight is 561 g/mol. The van der Waals surface area contributed by atoms with Crippen molar-refractivity contribution < 1.29 is 44.3 Å². The maximum absolute atomic E-state index is 13.0. The van der Waals surface area contributed by atoms with Crippen LogP contribution in [0, 0.1) is 6.92 Å². The molecule has 0 saturated heterocycles. The van der Waals surface area contributed by atoms with Gasteiger partial charge in [-0.1, -0.05) is 29.8 Å². The molecular weight excluding hydrogens is 538 g/mol. The molecule has 0 bridgehead atoms. The van der Waals surface area contributed by atoms with Crippen molar-refractivity contribution in [3.63, 3.8) is 0 Å². The number of alkyl halides is 6. The highest BCUT2D eigenvalue weighted by atomic mass is 32.2. The number of anilines is 2. The van der Waals surface area contributed by atoms with Gasteiger partial charge in [0.1, 0.15) is 5.75 Å². The van der Waals surface area contributed by atoms with Crippen LogP contribution in [0.2, 0.25) is 0 Å². The van der Waals surface area contributed by atoms with E-state index in [9.17, 15) is 39.6 Å². The number of ether oxygens (including phenoxy) is 1. The summed E-state index contributed by atoms with van der Waals surface area (Å²) in [5.74, 6) is -0.883. The molecule has 1 amide bonds. The van der Waals surface area contributed by atoms with E-state index in [0.29, 0.717) is 17.8 Å². The van der Waals surface area contributed by atoms with Gasteiger partial charge in [0.2, 0.25) is 10.0 Å². The Morgan fingerprint density at radius 3 is 1.87 bits per heavy atom. The summed E-state index contributed by atoms with van der Waals surface area (Å²) in [6, 6.07) is 13.6. The van der Waals surface area contributed by atoms with Crippen molar-refractivity contribution in [2.75, 3.05) is 22.5 Å². The second-order valence-corrected chi connectivity index (χ2v) is 10.3. The van der Waals surface area contributed by atoms with Crippen molar-refractivity contribution >= 4 is 27.3 Å². The minimum absolute atomic E-state index is 0.0493. The molecule has 3 aromatic carbocycles. The zero-order valence-electron chi connectivity index (χ0n) is 20.0. The van der Waals surface area contributed by atoms with Gasteiger partial charge in [0.15, 0.2) is 6.61 Å². The molecule has 13 heteroatoms. The molecule has 0 aliphatic heterocycles. The highest BCUT2D eigenvalue weighted by molar-refractivity contribution is 7.92. The molecule has 1 N–H and O–H groups in total. The fourth-order valence-electron chi connectivity index (χ4n) is 3.34. The molecule has 204 valence electrons. The Bertz CT molecular complexity index is 1360. The van der Waals surface area contributed by atoms with E-state index >= 15 is 0 Å². The van der Waals surface area contributed by atoms with E-state index in [4.69, 9.17) is 4.74 Å². The Labute approximate surface area is 214 Å². The first-order chi connectivity index (χ1) is 17.5. The lowest BCUT2D eigenvalue weighted by Gasteiger charge is -2.23. The molecule has 0 spiro atoms. The molecule has 6 nitrogen and oxygen atoms in total. The van der Waals surface area contributed by atoms with Crippen LogP contribution in [-0.2, 0) is 33.7 Å². The van der Waals surface area contributed by atoms with Crippen LogP contribution >= 0.6 is 0 Å². The first kappa shape index (κ1) is 28.8. The number of rotatable bonds is 8. The minimum atomic E-state index is -5.06. The number of hydrogen-bond acceptors (Lipinski definition) is 4. The van der Waals surface area contributed by atoms with E-state index in [1.165, 1.54) is 28.6 Å². The predicted molar refractivity (Wildman–Crippen MR) is 129 cm³/mol. The summed E-state index contributed by atoms with van der Waals surface area (Å²) in [4.78, 5) is 12.2. The Hall–Kier alpha value is -3.74. The lowest BCUT2D eigenvalue weighted by atomic mass is 10.1. The highest BCUT2D eigenvalue weighted by Crippen LogP contribution is 2.37. The number of carbonyl (C=O) groups is 1. The molecule has 38 heavy (non-hydrogen) atoms. The summed E-state index contributed by atoms with van der Waals surface area (Å²) in [6.07, 6.45) is -9.06. The SMILES string of the molecule is Cc1ccc(CN(c2ccc(OCC(=O)Nc3cc(C(F)(F)F)cc(C(F)(F)F)c3)cc2)S(C)(=O)=O)cc1. The molecule has 3 rings (SSSR count). The summed E-state index contributed by atoms with van der Waals surface area (Å²) in [5.41, 5.74) is -1.76. The number of carbonyl (C=O) groups excluding carboxylic acids is 1. The van der Waals surface area contributed by atoms with Crippen LogP contribution in [0.3, 0.4) is 0 Å². The molecule has 0 fully saturated rings. The lowest BCUT2D eigenvalue weighted by molar-refractivity contribution is -0.143. The fraction of sp³-hybridized carbons (Fsp3) is 0.240. The molecular formula is C25H22F6N2O4S. The Kier molecular flexibility index (Phi) is 8.30.